The maximum Gasteiger partial charge on any atom is 0.205 e. The molecule has 1 aliphatic heterocycles. The third kappa shape index (κ3) is 3.91. The summed E-state index contributed by atoms with van der Waals surface area (Å²) in [6, 6.07) is 12.0. The topological polar surface area (TPSA) is 85.3 Å². The Morgan fingerprint density at radius 2 is 1.94 bits per heavy atom. The number of aryl methyl sites for hydroxylation is 2. The Hall–Kier alpha value is -3.59. The predicted octanol–water partition coefficient (Wildman–Crippen LogP) is 4.84. The van der Waals surface area contributed by atoms with Crippen molar-refractivity contribution >= 4 is 5.78 Å². The fourth-order valence-corrected chi connectivity index (χ4v) is 4.24. The lowest BCUT2D eigenvalue weighted by atomic mass is 9.75. The lowest BCUT2D eigenvalue weighted by molar-refractivity contribution is -0.116. The van der Waals surface area contributed by atoms with Gasteiger partial charge >= 0.3 is 0 Å². The van der Waals surface area contributed by atoms with Crippen LogP contribution in [0.25, 0.3) is 0 Å². The molecule has 31 heavy (non-hydrogen) atoms. The maximum absolute atomic E-state index is 13.1. The van der Waals surface area contributed by atoms with E-state index in [0.29, 0.717) is 36.3 Å². The first-order chi connectivity index (χ1) is 14.9. The van der Waals surface area contributed by atoms with Crippen LogP contribution in [0.4, 0.5) is 4.39 Å². The van der Waals surface area contributed by atoms with Crippen LogP contribution in [-0.2, 0) is 16.1 Å². The number of hydrogen-bond donors (Lipinski definition) is 1. The van der Waals surface area contributed by atoms with Gasteiger partial charge < -0.3 is 15.2 Å². The molecule has 158 valence electrons. The van der Waals surface area contributed by atoms with Gasteiger partial charge in [0.1, 0.15) is 35.6 Å². The van der Waals surface area contributed by atoms with Crippen molar-refractivity contribution in [2.45, 2.75) is 45.6 Å². The third-order valence-corrected chi connectivity index (χ3v) is 5.85. The summed E-state index contributed by atoms with van der Waals surface area (Å²) in [5, 5.41) is 9.80. The van der Waals surface area contributed by atoms with Crippen molar-refractivity contribution in [1.82, 2.24) is 0 Å². The van der Waals surface area contributed by atoms with Crippen molar-refractivity contribution in [3.8, 4) is 11.8 Å². The number of Topliss-reactive ketones (excluding diaryl/α,β-unsaturated/α-hetero) is 1. The number of allylic oxidation sites excluding steroid dienone is 3. The molecule has 4 rings (SSSR count). The number of nitriles is 1. The Morgan fingerprint density at radius 1 is 1.19 bits per heavy atom. The second-order valence-corrected chi connectivity index (χ2v) is 7.92. The summed E-state index contributed by atoms with van der Waals surface area (Å²) in [5.74, 6) is 0.313. The summed E-state index contributed by atoms with van der Waals surface area (Å²) in [6.07, 6.45) is 1.77. The molecule has 0 saturated heterocycles. The van der Waals surface area contributed by atoms with Gasteiger partial charge in [-0.2, -0.15) is 5.26 Å². The van der Waals surface area contributed by atoms with Crippen molar-refractivity contribution in [2.75, 3.05) is 0 Å². The Kier molecular flexibility index (Phi) is 5.51. The van der Waals surface area contributed by atoms with Gasteiger partial charge in [0.15, 0.2) is 5.78 Å². The van der Waals surface area contributed by atoms with Crippen LogP contribution < -0.4 is 10.5 Å². The molecule has 0 spiro atoms. The number of carbonyl (C=O) groups excluding carboxylic acids is 1. The number of hydrogen-bond acceptors (Lipinski definition) is 5. The van der Waals surface area contributed by atoms with E-state index in [9.17, 15) is 14.4 Å². The Balaban J connectivity index is 1.75. The maximum atomic E-state index is 13.1. The van der Waals surface area contributed by atoms with Gasteiger partial charge in [-0.3, -0.25) is 4.79 Å². The molecule has 2 aliphatic rings. The van der Waals surface area contributed by atoms with Crippen LogP contribution >= 0.6 is 0 Å². The van der Waals surface area contributed by atoms with Crippen LogP contribution in [0.2, 0.25) is 0 Å². The van der Waals surface area contributed by atoms with E-state index in [4.69, 9.17) is 15.2 Å². The highest BCUT2D eigenvalue weighted by atomic mass is 19.1. The average Bonchev–Trinajstić information content (AvgIpc) is 2.74. The van der Waals surface area contributed by atoms with Gasteiger partial charge in [-0.25, -0.2) is 4.39 Å². The predicted molar refractivity (Wildman–Crippen MR) is 113 cm³/mol. The Morgan fingerprint density at radius 3 is 2.65 bits per heavy atom. The largest absolute Gasteiger partial charge is 0.489 e. The SMILES string of the molecule is Cc1cc(C)c(C2C(C#N)=C(N)OC3=C2C(=O)CCC3)cc1COc1ccc(F)cc1. The number of ketones is 1. The van der Waals surface area contributed by atoms with E-state index in [1.165, 1.54) is 12.1 Å². The minimum Gasteiger partial charge on any atom is -0.489 e. The van der Waals surface area contributed by atoms with E-state index in [-0.39, 0.29) is 29.7 Å². The molecule has 0 aromatic heterocycles. The molecule has 1 atom stereocenters. The lowest BCUT2D eigenvalue weighted by Gasteiger charge is -2.32. The number of ether oxygens (including phenoxy) is 2. The van der Waals surface area contributed by atoms with Gasteiger partial charge in [0.25, 0.3) is 0 Å². The van der Waals surface area contributed by atoms with Crippen LogP contribution in [0, 0.1) is 31.0 Å². The molecule has 0 saturated carbocycles. The van der Waals surface area contributed by atoms with Crippen LogP contribution in [-0.4, -0.2) is 5.78 Å². The van der Waals surface area contributed by atoms with Crippen LogP contribution in [0.5, 0.6) is 5.75 Å². The zero-order valence-corrected chi connectivity index (χ0v) is 17.5. The molecule has 5 nitrogen and oxygen atoms in total. The zero-order valence-electron chi connectivity index (χ0n) is 17.5. The molecule has 6 heteroatoms. The van der Waals surface area contributed by atoms with E-state index in [1.807, 2.05) is 26.0 Å². The normalized spacial score (nSPS) is 18.4. The highest BCUT2D eigenvalue weighted by molar-refractivity contribution is 5.99. The van der Waals surface area contributed by atoms with Gasteiger partial charge in [-0.1, -0.05) is 12.1 Å². The summed E-state index contributed by atoms with van der Waals surface area (Å²) >= 11 is 0. The minimum absolute atomic E-state index is 0.00409. The smallest absolute Gasteiger partial charge is 0.205 e. The Bertz CT molecular complexity index is 1160. The summed E-state index contributed by atoms with van der Waals surface area (Å²) in [4.78, 5) is 12.8. The van der Waals surface area contributed by atoms with Crippen LogP contribution in [0.1, 0.15) is 47.4 Å². The second-order valence-electron chi connectivity index (χ2n) is 7.92. The molecule has 2 aromatic carbocycles. The summed E-state index contributed by atoms with van der Waals surface area (Å²) < 4.78 is 24.7. The first-order valence-corrected chi connectivity index (χ1v) is 10.2. The fourth-order valence-electron chi connectivity index (χ4n) is 4.24. The van der Waals surface area contributed by atoms with Gasteiger partial charge in [-0.05, 0) is 66.8 Å². The molecule has 1 unspecified atom stereocenters. The first kappa shape index (κ1) is 20.7. The molecule has 1 aliphatic carbocycles. The van der Waals surface area contributed by atoms with E-state index in [2.05, 4.69) is 6.07 Å². The van der Waals surface area contributed by atoms with E-state index >= 15 is 0 Å². The number of nitrogens with two attached hydrogens (primary N) is 1. The monoisotopic (exact) mass is 418 g/mol. The van der Waals surface area contributed by atoms with Crippen LogP contribution in [0.3, 0.4) is 0 Å². The highest BCUT2D eigenvalue weighted by Crippen LogP contribution is 2.44. The number of benzene rings is 2. The highest BCUT2D eigenvalue weighted by Gasteiger charge is 2.38. The van der Waals surface area contributed by atoms with Crippen LogP contribution in [0.15, 0.2) is 59.2 Å². The molecular weight excluding hydrogens is 395 g/mol. The molecule has 0 bridgehead atoms. The molecule has 2 aromatic rings. The quantitative estimate of drug-likeness (QED) is 0.768. The van der Waals surface area contributed by atoms with Crippen molar-refractivity contribution in [2.24, 2.45) is 5.73 Å². The van der Waals surface area contributed by atoms with E-state index < -0.39 is 5.92 Å². The van der Waals surface area contributed by atoms with Gasteiger partial charge in [-0.15, -0.1) is 0 Å². The number of nitrogens with zero attached hydrogens (tertiary/aromatic N) is 1. The average molecular weight is 418 g/mol. The number of rotatable bonds is 4. The van der Waals surface area contributed by atoms with Crippen molar-refractivity contribution < 1.29 is 18.7 Å². The summed E-state index contributed by atoms with van der Waals surface area (Å²) in [7, 11) is 0. The standard InChI is InChI=1S/C25H23FN2O3/c1-14-10-15(2)19(11-16(14)13-30-18-8-6-17(26)7-9-18)23-20(12-27)25(28)31-22-5-3-4-21(29)24(22)23/h6-11,23H,3-5,13,28H2,1-2H3. The molecule has 0 fully saturated rings. The van der Waals surface area contributed by atoms with Gasteiger partial charge in [0, 0.05) is 18.4 Å². The second kappa shape index (κ2) is 8.27. The Labute approximate surface area is 180 Å². The molecule has 1 heterocycles. The zero-order chi connectivity index (χ0) is 22.1. The summed E-state index contributed by atoms with van der Waals surface area (Å²) in [6.45, 7) is 4.21. The molecular formula is C25H23FN2O3. The first-order valence-electron chi connectivity index (χ1n) is 10.2. The van der Waals surface area contributed by atoms with Gasteiger partial charge in [0.05, 0.1) is 5.92 Å². The molecule has 0 radical (unpaired) electrons. The fraction of sp³-hybridized carbons (Fsp3) is 0.280. The van der Waals surface area contributed by atoms with Crippen molar-refractivity contribution in [1.29, 1.82) is 5.26 Å². The number of halogens is 1. The minimum atomic E-state index is -0.549. The summed E-state index contributed by atoms with van der Waals surface area (Å²) in [5.41, 5.74) is 10.6. The van der Waals surface area contributed by atoms with E-state index in [0.717, 1.165) is 22.3 Å². The number of carbonyl (C=O) groups is 1. The lowest BCUT2D eigenvalue weighted by Crippen LogP contribution is -2.28. The van der Waals surface area contributed by atoms with Crippen molar-refractivity contribution in [3.63, 3.8) is 0 Å². The molecule has 0 amide bonds. The van der Waals surface area contributed by atoms with Crippen molar-refractivity contribution in [3.05, 3.63) is 87.3 Å². The third-order valence-electron chi connectivity index (χ3n) is 5.85. The molecule has 2 N–H and O–H groups in total. The van der Waals surface area contributed by atoms with E-state index in [1.54, 1.807) is 12.1 Å². The van der Waals surface area contributed by atoms with Gasteiger partial charge in [0.2, 0.25) is 5.88 Å².